The maximum Gasteiger partial charge on any atom is 0.339 e. The summed E-state index contributed by atoms with van der Waals surface area (Å²) in [6, 6.07) is 10.2. The van der Waals surface area contributed by atoms with Crippen LogP contribution >= 0.6 is 11.3 Å². The summed E-state index contributed by atoms with van der Waals surface area (Å²) >= 11 is 1.45. The van der Waals surface area contributed by atoms with Crippen molar-refractivity contribution >= 4 is 32.6 Å². The molecule has 0 saturated carbocycles. The van der Waals surface area contributed by atoms with Gasteiger partial charge < -0.3 is 9.84 Å². The molecule has 2 heterocycles. The first-order valence-corrected chi connectivity index (χ1v) is 11.9. The maximum absolute atomic E-state index is 11.8. The van der Waals surface area contributed by atoms with Gasteiger partial charge in [0.25, 0.3) is 10.1 Å². The molecule has 1 atom stereocenters. The van der Waals surface area contributed by atoms with Crippen molar-refractivity contribution < 1.29 is 27.6 Å². The first kappa shape index (κ1) is 23.1. The van der Waals surface area contributed by atoms with E-state index in [0.717, 1.165) is 10.6 Å². The van der Waals surface area contributed by atoms with Crippen LogP contribution in [0, 0.1) is 13.8 Å². The number of thiazole rings is 1. The molecule has 1 aromatic heterocycles. The van der Waals surface area contributed by atoms with Gasteiger partial charge >= 0.3 is 5.97 Å². The van der Waals surface area contributed by atoms with Crippen LogP contribution in [0.25, 0.3) is 0 Å². The highest BCUT2D eigenvalue weighted by Gasteiger charge is 2.43. The molecular formula is C20H21N5O6S2. The summed E-state index contributed by atoms with van der Waals surface area (Å²) in [6.07, 6.45) is 0. The molecule has 13 heteroatoms. The summed E-state index contributed by atoms with van der Waals surface area (Å²) in [5, 5.41) is 11.8. The van der Waals surface area contributed by atoms with E-state index in [1.165, 1.54) is 54.8 Å². The fraction of sp³-hybridized carbons (Fsp3) is 0.200. The number of ether oxygens (including phenoxy) is 1. The van der Waals surface area contributed by atoms with E-state index in [2.05, 4.69) is 21.4 Å². The lowest BCUT2D eigenvalue weighted by Gasteiger charge is -2.30. The molecule has 2 aromatic carbocycles. The molecule has 1 saturated heterocycles. The fourth-order valence-corrected chi connectivity index (χ4v) is 4.75. The van der Waals surface area contributed by atoms with Crippen molar-refractivity contribution in [3.05, 3.63) is 69.7 Å². The number of aromatic carboxylic acids is 1. The lowest BCUT2D eigenvalue weighted by atomic mass is 9.91. The van der Waals surface area contributed by atoms with E-state index < -0.39 is 21.8 Å². The van der Waals surface area contributed by atoms with Gasteiger partial charge in [-0.3, -0.25) is 4.55 Å². The molecule has 11 nitrogen and oxygen atoms in total. The number of aryl methyl sites for hydroxylation is 2. The van der Waals surface area contributed by atoms with Gasteiger partial charge in [0.05, 0.1) is 17.7 Å². The molecule has 5 N–H and O–H groups in total. The number of methoxy groups -OCH3 is 1. The molecule has 174 valence electrons. The highest BCUT2D eigenvalue weighted by Crippen LogP contribution is 2.35. The van der Waals surface area contributed by atoms with Crippen LogP contribution < -0.4 is 26.2 Å². The molecule has 4 rings (SSSR count). The van der Waals surface area contributed by atoms with Crippen molar-refractivity contribution in [2.24, 2.45) is 0 Å². The number of aromatic nitrogens is 1. The number of carboxylic acid groups (broad SMARTS) is 1. The number of hydrazine groups is 3. The molecule has 1 fully saturated rings. The predicted octanol–water partition coefficient (Wildman–Crippen LogP) is 1.95. The molecule has 3 aromatic rings. The van der Waals surface area contributed by atoms with Crippen LogP contribution in [0.3, 0.4) is 0 Å². The third-order valence-electron chi connectivity index (χ3n) is 5.29. The van der Waals surface area contributed by atoms with Crippen LogP contribution in [0.5, 0.6) is 5.75 Å². The molecule has 1 aliphatic heterocycles. The number of nitrogens with one attached hydrogen (secondary N) is 3. The van der Waals surface area contributed by atoms with E-state index in [-0.39, 0.29) is 16.2 Å². The summed E-state index contributed by atoms with van der Waals surface area (Å²) in [5.74, 6) is -0.975. The Morgan fingerprint density at radius 2 is 1.82 bits per heavy atom. The standard InChI is InChI=1S/C20H21N5O6S2/c1-11-12(2)32-19(21-11)25-23-20(22-24-25,13-4-7-15(8-5-13)33(28,29)30)14-6-9-17(31-3)16(10-14)18(26)27/h4-10,22-24H,1-3H3,(H,26,27)(H,28,29,30). The zero-order valence-corrected chi connectivity index (χ0v) is 19.4. The van der Waals surface area contributed by atoms with Gasteiger partial charge in [-0.2, -0.15) is 19.0 Å². The van der Waals surface area contributed by atoms with Gasteiger partial charge in [0, 0.05) is 4.88 Å². The van der Waals surface area contributed by atoms with Crippen molar-refractivity contribution in [2.75, 3.05) is 12.2 Å². The van der Waals surface area contributed by atoms with Crippen LogP contribution in [0.2, 0.25) is 0 Å². The zero-order chi connectivity index (χ0) is 24.0. The van der Waals surface area contributed by atoms with E-state index in [4.69, 9.17) is 4.74 Å². The van der Waals surface area contributed by atoms with E-state index in [1.807, 2.05) is 13.8 Å². The number of rotatable bonds is 6. The average molecular weight is 492 g/mol. The van der Waals surface area contributed by atoms with Gasteiger partial charge in [0.1, 0.15) is 11.3 Å². The Labute approximate surface area is 193 Å². The molecule has 0 radical (unpaired) electrons. The van der Waals surface area contributed by atoms with E-state index >= 15 is 0 Å². The normalized spacial score (nSPS) is 18.5. The highest BCUT2D eigenvalue weighted by atomic mass is 32.2. The Balaban J connectivity index is 1.85. The second-order valence-electron chi connectivity index (χ2n) is 7.29. The van der Waals surface area contributed by atoms with Crippen LogP contribution in [0.15, 0.2) is 47.4 Å². The first-order chi connectivity index (χ1) is 15.5. The van der Waals surface area contributed by atoms with Gasteiger partial charge in [0.2, 0.25) is 5.13 Å². The summed E-state index contributed by atoms with van der Waals surface area (Å²) < 4.78 is 37.5. The lowest BCUT2D eigenvalue weighted by Crippen LogP contribution is -2.49. The number of anilines is 1. The van der Waals surface area contributed by atoms with Crippen molar-refractivity contribution in [3.63, 3.8) is 0 Å². The number of hydrogen-bond donors (Lipinski definition) is 5. The third-order valence-corrected chi connectivity index (χ3v) is 7.22. The molecule has 0 aliphatic carbocycles. The molecule has 0 amide bonds. The van der Waals surface area contributed by atoms with Crippen LogP contribution in [0.1, 0.15) is 32.1 Å². The minimum atomic E-state index is -4.38. The average Bonchev–Trinajstić information content (AvgIpc) is 3.37. The molecular weight excluding hydrogens is 470 g/mol. The van der Waals surface area contributed by atoms with Crippen molar-refractivity contribution in [1.82, 2.24) is 21.4 Å². The summed E-state index contributed by atoms with van der Waals surface area (Å²) in [7, 11) is -3.00. The molecule has 1 aliphatic rings. The second-order valence-corrected chi connectivity index (χ2v) is 9.89. The van der Waals surface area contributed by atoms with Crippen molar-refractivity contribution in [2.45, 2.75) is 24.4 Å². The highest BCUT2D eigenvalue weighted by molar-refractivity contribution is 7.85. The SMILES string of the molecule is COc1ccc(C2(c3ccc(S(=O)(=O)O)cc3)NNN(c3nc(C)c(C)s3)N2)cc1C(=O)O. The van der Waals surface area contributed by atoms with Gasteiger partial charge in [-0.1, -0.05) is 29.5 Å². The monoisotopic (exact) mass is 491 g/mol. The first-order valence-electron chi connectivity index (χ1n) is 9.60. The Morgan fingerprint density at radius 3 is 2.36 bits per heavy atom. The topological polar surface area (TPSA) is 153 Å². The van der Waals surface area contributed by atoms with Gasteiger partial charge in [-0.05, 0) is 49.2 Å². The smallest absolute Gasteiger partial charge is 0.339 e. The van der Waals surface area contributed by atoms with E-state index in [0.29, 0.717) is 16.3 Å². The van der Waals surface area contributed by atoms with Crippen molar-refractivity contribution in [3.8, 4) is 5.75 Å². The number of carbonyl (C=O) groups is 1. The summed E-state index contributed by atoms with van der Waals surface area (Å²) in [4.78, 5) is 17.1. The van der Waals surface area contributed by atoms with Crippen LogP contribution in [-0.4, -0.2) is 36.1 Å². The molecule has 0 bridgehead atoms. The third kappa shape index (κ3) is 4.17. The van der Waals surface area contributed by atoms with Crippen LogP contribution in [-0.2, 0) is 15.8 Å². The molecule has 33 heavy (non-hydrogen) atoms. The minimum absolute atomic E-state index is 0.0491. The quantitative estimate of drug-likeness (QED) is 0.322. The Hall–Kier alpha value is -3.07. The van der Waals surface area contributed by atoms with Crippen LogP contribution in [0.4, 0.5) is 5.13 Å². The minimum Gasteiger partial charge on any atom is -0.496 e. The molecule has 1 unspecified atom stereocenters. The van der Waals surface area contributed by atoms with E-state index in [1.54, 1.807) is 11.2 Å². The second kappa shape index (κ2) is 8.37. The number of hydrogen-bond acceptors (Lipinski definition) is 10. The Kier molecular flexibility index (Phi) is 5.86. The Morgan fingerprint density at radius 1 is 1.15 bits per heavy atom. The summed E-state index contributed by atoms with van der Waals surface area (Å²) in [5.41, 5.74) is 10.0. The predicted molar refractivity (Wildman–Crippen MR) is 120 cm³/mol. The molecule has 0 spiro atoms. The largest absolute Gasteiger partial charge is 0.496 e. The van der Waals surface area contributed by atoms with E-state index in [9.17, 15) is 22.9 Å². The lowest BCUT2D eigenvalue weighted by molar-refractivity contribution is 0.0693. The number of nitrogens with zero attached hydrogens (tertiary/aromatic N) is 2. The van der Waals surface area contributed by atoms with Gasteiger partial charge in [-0.15, -0.1) is 5.53 Å². The van der Waals surface area contributed by atoms with Gasteiger partial charge in [0.15, 0.2) is 5.66 Å². The number of benzene rings is 2. The Bertz CT molecular complexity index is 1310. The van der Waals surface area contributed by atoms with Crippen molar-refractivity contribution in [1.29, 1.82) is 0 Å². The maximum atomic E-state index is 11.8. The summed E-state index contributed by atoms with van der Waals surface area (Å²) in [6.45, 7) is 3.84. The fourth-order valence-electron chi connectivity index (χ4n) is 3.44. The number of carboxylic acids is 1. The zero-order valence-electron chi connectivity index (χ0n) is 17.8. The van der Waals surface area contributed by atoms with Gasteiger partial charge in [-0.25, -0.2) is 15.2 Å².